The average Bonchev–Trinajstić information content (AvgIpc) is 4.06. The Bertz CT molecular complexity index is 4330. The van der Waals surface area contributed by atoms with Gasteiger partial charge < -0.3 is 4.74 Å². The molecule has 342 valence electrons. The van der Waals surface area contributed by atoms with E-state index in [-0.39, 0.29) is 38.8 Å². The molecular weight excluding hydrogens is 869 g/mol. The second-order valence-electron chi connectivity index (χ2n) is 20.7. The molecule has 70 heavy (non-hydrogen) atoms. The second kappa shape index (κ2) is 16.1. The van der Waals surface area contributed by atoms with Crippen LogP contribution in [0.3, 0.4) is 0 Å². The number of rotatable bonds is 7. The highest BCUT2D eigenvalue weighted by Gasteiger charge is 2.37. The fraction of sp³-hybridized carbons (Fsp3) is 0.156. The zero-order chi connectivity index (χ0) is 56.8. The third-order valence-electron chi connectivity index (χ3n) is 13.9. The lowest BCUT2D eigenvalue weighted by atomic mass is 9.82. The quantitative estimate of drug-likeness (QED) is 0.0907. The van der Waals surface area contributed by atoms with Crippen molar-refractivity contribution in [3.8, 4) is 62.1 Å². The average molecular weight is 935 g/mol. The van der Waals surface area contributed by atoms with E-state index in [0.717, 1.165) is 60.3 Å². The molecule has 0 N–H and O–H groups in total. The summed E-state index contributed by atoms with van der Waals surface area (Å²) in [5, 5.41) is 4.30. The van der Waals surface area contributed by atoms with Gasteiger partial charge in [0.05, 0.1) is 47.1 Å². The first-order chi connectivity index (χ1) is 37.9. The minimum Gasteiger partial charge on any atom is -0.458 e. The summed E-state index contributed by atoms with van der Waals surface area (Å²) in [6.07, 6.45) is 5.48. The number of hydrogen-bond acceptors (Lipinski definition) is 2. The number of aromatic nitrogens is 4. The van der Waals surface area contributed by atoms with Crippen LogP contribution < -0.4 is 19.7 Å². The normalized spacial score (nSPS) is 15.3. The maximum atomic E-state index is 9.16. The van der Waals surface area contributed by atoms with Crippen molar-refractivity contribution >= 4 is 51.3 Å². The molecule has 0 fully saturated rings. The number of benzene rings is 8. The van der Waals surface area contributed by atoms with Gasteiger partial charge in [0.1, 0.15) is 25.4 Å². The van der Waals surface area contributed by atoms with E-state index in [1.807, 2.05) is 41.1 Å². The van der Waals surface area contributed by atoms with Crippen molar-refractivity contribution in [3.05, 3.63) is 211 Å². The second-order valence-corrected chi connectivity index (χ2v) is 25.1. The molecule has 8 aromatic carbocycles. The van der Waals surface area contributed by atoms with E-state index in [1.165, 1.54) is 11.1 Å². The van der Waals surface area contributed by atoms with E-state index in [0.29, 0.717) is 17.0 Å². The van der Waals surface area contributed by atoms with E-state index in [2.05, 4.69) is 144 Å². The first-order valence-corrected chi connectivity index (χ1v) is 26.6. The summed E-state index contributed by atoms with van der Waals surface area (Å²) in [5.41, 5.74) is 9.04. The third-order valence-corrected chi connectivity index (χ3v) is 17.4. The van der Waals surface area contributed by atoms with Crippen LogP contribution in [0.25, 0.3) is 83.4 Å². The van der Waals surface area contributed by atoms with Gasteiger partial charge in [0.2, 0.25) is 0 Å². The van der Waals surface area contributed by atoms with Gasteiger partial charge in [0.15, 0.2) is 0 Å². The minimum atomic E-state index is -2.54. The predicted molar refractivity (Wildman–Crippen MR) is 293 cm³/mol. The van der Waals surface area contributed by atoms with Gasteiger partial charge in [-0.3, -0.25) is 13.7 Å². The Balaban J connectivity index is 1.06. The van der Waals surface area contributed by atoms with E-state index < -0.39 is 68.5 Å². The molecule has 1 aliphatic heterocycles. The molecule has 0 saturated carbocycles. The number of nitrogens with zero attached hydrogens (tertiary/aromatic N) is 4. The lowest BCUT2D eigenvalue weighted by Gasteiger charge is -2.32. The van der Waals surface area contributed by atoms with Gasteiger partial charge in [0.25, 0.3) is 6.33 Å². The molecule has 0 radical (unpaired) electrons. The standard InChI is InChI=1S/C64H56N4OSi/c1-63(2,3)45-35-36-65-60(38-45)68-55-37-44(48-23-15-16-26-53(48)64(4,5)6)29-32-51(55)52-33-30-46(39-56(52)68)69-47-31-34-58-57(40-47)67-41-66(54-27-18-28-59(62(54)67)70(58,7)8)61-49(42-19-11-9-12-20-42)24-17-25-50(61)43-21-13-10-14-22-43/h9-40H,1-8H3/i9D,10D,11D,12D,13D,14D,19D,20D,21D,22D. The van der Waals surface area contributed by atoms with Crippen molar-refractivity contribution in [3.63, 3.8) is 0 Å². The molecule has 11 aromatic rings. The Kier molecular flexibility index (Phi) is 7.76. The van der Waals surface area contributed by atoms with E-state index in [9.17, 15) is 0 Å². The maximum Gasteiger partial charge on any atom is 0.269 e. The number of imidazole rings is 1. The van der Waals surface area contributed by atoms with Crippen LogP contribution in [0.5, 0.6) is 11.5 Å². The number of fused-ring (bicyclic) bond motifs is 5. The summed E-state index contributed by atoms with van der Waals surface area (Å²) in [5.74, 6) is 1.95. The Morgan fingerprint density at radius 1 is 0.586 bits per heavy atom. The molecule has 4 heterocycles. The summed E-state index contributed by atoms with van der Waals surface area (Å²) >= 11 is 0. The highest BCUT2D eigenvalue weighted by atomic mass is 28.3. The van der Waals surface area contributed by atoms with Gasteiger partial charge in [-0.25, -0.2) is 4.98 Å². The molecule has 0 unspecified atom stereocenters. The molecule has 6 heteroatoms. The summed E-state index contributed by atoms with van der Waals surface area (Å²) in [6, 6.07) is 37.6. The van der Waals surface area contributed by atoms with E-state index in [1.54, 1.807) is 22.8 Å². The van der Waals surface area contributed by atoms with Crippen LogP contribution in [0.15, 0.2) is 194 Å². The Labute approximate surface area is 426 Å². The summed E-state index contributed by atoms with van der Waals surface area (Å²) in [7, 11) is -2.54. The Morgan fingerprint density at radius 3 is 1.91 bits per heavy atom. The van der Waals surface area contributed by atoms with Crippen LogP contribution in [0.4, 0.5) is 0 Å². The smallest absolute Gasteiger partial charge is 0.269 e. The molecule has 0 atom stereocenters. The van der Waals surface area contributed by atoms with Crippen LogP contribution in [0, 0.1) is 6.33 Å². The summed E-state index contributed by atoms with van der Waals surface area (Å²) in [4.78, 5) is 5.01. The molecule has 3 aromatic heterocycles. The van der Waals surface area contributed by atoms with Crippen LogP contribution in [-0.2, 0) is 10.8 Å². The highest BCUT2D eigenvalue weighted by Crippen LogP contribution is 2.41. The van der Waals surface area contributed by atoms with Crippen molar-refractivity contribution in [2.24, 2.45) is 0 Å². The van der Waals surface area contributed by atoms with Crippen LogP contribution in [-0.4, -0.2) is 22.2 Å². The van der Waals surface area contributed by atoms with Gasteiger partial charge in [-0.05, 0) is 108 Å². The number of ether oxygens (including phenoxy) is 1. The first-order valence-electron chi connectivity index (χ1n) is 28.6. The number of para-hydroxylation sites is 2. The molecule has 0 aliphatic carbocycles. The lowest BCUT2D eigenvalue weighted by molar-refractivity contribution is -0.571. The Morgan fingerprint density at radius 2 is 1.21 bits per heavy atom. The zero-order valence-corrected chi connectivity index (χ0v) is 41.4. The molecule has 0 amide bonds. The first kappa shape index (κ1) is 33.7. The van der Waals surface area contributed by atoms with Crippen LogP contribution >= 0.6 is 0 Å². The van der Waals surface area contributed by atoms with Crippen molar-refractivity contribution in [2.45, 2.75) is 65.5 Å². The van der Waals surface area contributed by atoms with Crippen molar-refractivity contribution in [2.75, 3.05) is 0 Å². The fourth-order valence-corrected chi connectivity index (χ4v) is 13.4. The van der Waals surface area contributed by atoms with Gasteiger partial charge in [-0.1, -0.05) is 194 Å². The van der Waals surface area contributed by atoms with Gasteiger partial charge in [-0.15, -0.1) is 0 Å². The molecule has 1 aliphatic rings. The third kappa shape index (κ3) is 7.11. The summed E-state index contributed by atoms with van der Waals surface area (Å²) < 4.78 is 101. The van der Waals surface area contributed by atoms with Crippen molar-refractivity contribution in [1.29, 1.82) is 0 Å². The van der Waals surface area contributed by atoms with Crippen LogP contribution in [0.1, 0.15) is 66.4 Å². The monoisotopic (exact) mass is 934 g/mol. The molecule has 0 spiro atoms. The lowest BCUT2D eigenvalue weighted by Crippen LogP contribution is -2.57. The molecule has 0 bridgehead atoms. The largest absolute Gasteiger partial charge is 0.458 e. The SMILES string of the molecule is [2H]c1c([2H])c([2H])c(-c2cccc(-c3c([2H])c([2H])c([2H])c([2H])c3[2H])c2-[n+]2[c-]n3c4c(cccc42)[Si](C)(C)c2ccc(Oc4ccc5c6ccc(-c7ccccc7C(C)(C)C)cc6n(-c6cc(C(C)(C)C)ccn6)c5c4)cc2-3)c([2H])c1[2H]. The number of pyridine rings is 1. The van der Waals surface area contributed by atoms with Gasteiger partial charge in [-0.2, -0.15) is 0 Å². The molecule has 5 nitrogen and oxygen atoms in total. The predicted octanol–water partition coefficient (Wildman–Crippen LogP) is 14.7. The maximum absolute atomic E-state index is 9.16. The minimum absolute atomic E-state index is 0.0819. The van der Waals surface area contributed by atoms with Crippen molar-refractivity contribution < 1.29 is 23.0 Å². The fourth-order valence-electron chi connectivity index (χ4n) is 10.4. The van der Waals surface area contributed by atoms with E-state index in [4.69, 9.17) is 23.4 Å². The molecular formula is C64H56N4OSi. The molecule has 12 rings (SSSR count). The van der Waals surface area contributed by atoms with Gasteiger partial charge in [0, 0.05) is 23.0 Å². The highest BCUT2D eigenvalue weighted by molar-refractivity contribution is 7.02. The van der Waals surface area contributed by atoms with E-state index >= 15 is 0 Å². The zero-order valence-electron chi connectivity index (χ0n) is 50.4. The van der Waals surface area contributed by atoms with Crippen LogP contribution in [0.2, 0.25) is 13.1 Å². The molecule has 0 saturated heterocycles. The summed E-state index contributed by atoms with van der Waals surface area (Å²) in [6.45, 7) is 17.9. The van der Waals surface area contributed by atoms with Gasteiger partial charge >= 0.3 is 0 Å². The van der Waals surface area contributed by atoms with Crippen molar-refractivity contribution in [1.82, 2.24) is 14.1 Å². The number of hydrogen-bond donors (Lipinski definition) is 0. The topological polar surface area (TPSA) is 35.9 Å². The Hall–Kier alpha value is -7.80.